The zero-order chi connectivity index (χ0) is 13.9. The molecule has 0 saturated heterocycles. The highest BCUT2D eigenvalue weighted by molar-refractivity contribution is 5.91. The topological polar surface area (TPSA) is 37.8 Å². The Morgan fingerprint density at radius 3 is 2.80 bits per heavy atom. The third-order valence-electron chi connectivity index (χ3n) is 3.45. The number of nitrogens with one attached hydrogen (secondary N) is 1. The molecule has 0 amide bonds. The Morgan fingerprint density at radius 1 is 1.10 bits per heavy atom. The number of rotatable bonds is 3. The van der Waals surface area contributed by atoms with Crippen molar-refractivity contribution in [3.05, 3.63) is 65.6 Å². The van der Waals surface area contributed by atoms with Crippen molar-refractivity contribution in [1.29, 1.82) is 0 Å². The minimum atomic E-state index is 0.793. The lowest BCUT2D eigenvalue weighted by Crippen LogP contribution is -2.03. The summed E-state index contributed by atoms with van der Waals surface area (Å²) in [6.07, 6.45) is 3.73. The minimum Gasteiger partial charge on any atom is -0.380 e. The number of anilines is 1. The molecule has 3 nitrogen and oxygen atoms in total. The Balaban J connectivity index is 1.93. The number of nitrogens with zero attached hydrogens (tertiary/aromatic N) is 2. The second-order valence-corrected chi connectivity index (χ2v) is 4.98. The van der Waals surface area contributed by atoms with Crippen LogP contribution >= 0.6 is 0 Å². The van der Waals surface area contributed by atoms with Crippen molar-refractivity contribution in [2.75, 3.05) is 5.32 Å². The quantitative estimate of drug-likeness (QED) is 0.779. The third-order valence-corrected chi connectivity index (χ3v) is 3.45. The van der Waals surface area contributed by atoms with Gasteiger partial charge in [-0.05, 0) is 43.2 Å². The number of pyridine rings is 2. The standard InChI is InChI=1S/C17H17N3/c1-12-10-18-8-7-14(12)11-19-17-9-13(2)20-16-6-4-3-5-15(16)17/h3-10H,11H2,1-2H3,(H,19,20). The Morgan fingerprint density at radius 2 is 1.95 bits per heavy atom. The van der Waals surface area contributed by atoms with E-state index in [2.05, 4.69) is 40.4 Å². The predicted octanol–water partition coefficient (Wildman–Crippen LogP) is 3.86. The van der Waals surface area contributed by atoms with Gasteiger partial charge in [0, 0.05) is 35.7 Å². The third kappa shape index (κ3) is 2.48. The average Bonchev–Trinajstić information content (AvgIpc) is 2.46. The Labute approximate surface area is 118 Å². The smallest absolute Gasteiger partial charge is 0.0725 e. The summed E-state index contributed by atoms with van der Waals surface area (Å²) < 4.78 is 0. The van der Waals surface area contributed by atoms with Gasteiger partial charge in [-0.15, -0.1) is 0 Å². The van der Waals surface area contributed by atoms with E-state index in [0.29, 0.717) is 0 Å². The van der Waals surface area contributed by atoms with Gasteiger partial charge in [-0.3, -0.25) is 9.97 Å². The van der Waals surface area contributed by atoms with Crippen molar-refractivity contribution < 1.29 is 0 Å². The molecule has 3 heteroatoms. The Hall–Kier alpha value is -2.42. The molecule has 0 aliphatic carbocycles. The van der Waals surface area contributed by atoms with Crippen LogP contribution in [0.3, 0.4) is 0 Å². The maximum Gasteiger partial charge on any atom is 0.0725 e. The molecule has 3 rings (SSSR count). The number of hydrogen-bond donors (Lipinski definition) is 1. The van der Waals surface area contributed by atoms with E-state index in [9.17, 15) is 0 Å². The molecule has 1 N–H and O–H groups in total. The van der Waals surface area contributed by atoms with E-state index in [4.69, 9.17) is 0 Å². The van der Waals surface area contributed by atoms with Crippen molar-refractivity contribution in [3.63, 3.8) is 0 Å². The summed E-state index contributed by atoms with van der Waals surface area (Å²) in [5, 5.41) is 4.68. The molecular formula is C17H17N3. The molecule has 0 aliphatic heterocycles. The lowest BCUT2D eigenvalue weighted by atomic mass is 10.1. The molecule has 100 valence electrons. The molecule has 1 aromatic carbocycles. The van der Waals surface area contributed by atoms with Crippen LogP contribution in [0.1, 0.15) is 16.8 Å². The number of aryl methyl sites for hydroxylation is 2. The molecule has 2 heterocycles. The molecule has 0 radical (unpaired) electrons. The van der Waals surface area contributed by atoms with E-state index < -0.39 is 0 Å². The normalized spacial score (nSPS) is 10.7. The number of benzene rings is 1. The highest BCUT2D eigenvalue weighted by Crippen LogP contribution is 2.23. The van der Waals surface area contributed by atoms with Gasteiger partial charge in [-0.2, -0.15) is 0 Å². The van der Waals surface area contributed by atoms with Crippen molar-refractivity contribution in [2.24, 2.45) is 0 Å². The molecule has 0 fully saturated rings. The van der Waals surface area contributed by atoms with Gasteiger partial charge in [0.05, 0.1) is 5.52 Å². The second-order valence-electron chi connectivity index (χ2n) is 4.98. The van der Waals surface area contributed by atoms with Crippen molar-refractivity contribution in [3.8, 4) is 0 Å². The van der Waals surface area contributed by atoms with Crippen LogP contribution in [0.15, 0.2) is 48.8 Å². The summed E-state index contributed by atoms with van der Waals surface area (Å²) >= 11 is 0. The van der Waals surface area contributed by atoms with E-state index in [1.54, 1.807) is 0 Å². The van der Waals surface area contributed by atoms with Crippen LogP contribution in [-0.4, -0.2) is 9.97 Å². The predicted molar refractivity (Wildman–Crippen MR) is 82.8 cm³/mol. The van der Waals surface area contributed by atoms with E-state index in [1.165, 1.54) is 11.1 Å². The van der Waals surface area contributed by atoms with Gasteiger partial charge in [0.2, 0.25) is 0 Å². The number of aromatic nitrogens is 2. The van der Waals surface area contributed by atoms with Crippen LogP contribution in [0, 0.1) is 13.8 Å². The van der Waals surface area contributed by atoms with Crippen LogP contribution in [0.25, 0.3) is 10.9 Å². The van der Waals surface area contributed by atoms with Gasteiger partial charge in [0.1, 0.15) is 0 Å². The largest absolute Gasteiger partial charge is 0.380 e. The van der Waals surface area contributed by atoms with Crippen molar-refractivity contribution >= 4 is 16.6 Å². The summed E-state index contributed by atoms with van der Waals surface area (Å²) in [6, 6.07) is 12.4. The number of hydrogen-bond acceptors (Lipinski definition) is 3. The SMILES string of the molecule is Cc1cc(NCc2ccncc2C)c2ccccc2n1. The van der Waals surface area contributed by atoms with Crippen LogP contribution in [0.5, 0.6) is 0 Å². The van der Waals surface area contributed by atoms with Gasteiger partial charge in [0.25, 0.3) is 0 Å². The van der Waals surface area contributed by atoms with Crippen molar-refractivity contribution in [1.82, 2.24) is 9.97 Å². The van der Waals surface area contributed by atoms with Gasteiger partial charge in [0.15, 0.2) is 0 Å². The Bertz CT molecular complexity index is 750. The molecule has 3 aromatic rings. The van der Waals surface area contributed by atoms with Crippen LogP contribution < -0.4 is 5.32 Å². The van der Waals surface area contributed by atoms with Gasteiger partial charge in [-0.1, -0.05) is 18.2 Å². The fraction of sp³-hybridized carbons (Fsp3) is 0.176. The molecule has 0 bridgehead atoms. The summed E-state index contributed by atoms with van der Waals surface area (Å²) in [4.78, 5) is 8.69. The van der Waals surface area contributed by atoms with E-state index in [-0.39, 0.29) is 0 Å². The second kappa shape index (κ2) is 5.29. The van der Waals surface area contributed by atoms with Gasteiger partial charge >= 0.3 is 0 Å². The molecule has 0 saturated carbocycles. The van der Waals surface area contributed by atoms with E-state index >= 15 is 0 Å². The zero-order valence-corrected chi connectivity index (χ0v) is 11.7. The monoisotopic (exact) mass is 263 g/mol. The molecule has 0 unspecified atom stereocenters. The molecule has 2 aromatic heterocycles. The first-order chi connectivity index (χ1) is 9.74. The average molecular weight is 263 g/mol. The first-order valence-corrected chi connectivity index (χ1v) is 6.74. The molecule has 20 heavy (non-hydrogen) atoms. The summed E-state index contributed by atoms with van der Waals surface area (Å²) in [7, 11) is 0. The summed E-state index contributed by atoms with van der Waals surface area (Å²) in [6.45, 7) is 4.90. The fourth-order valence-corrected chi connectivity index (χ4v) is 2.35. The van der Waals surface area contributed by atoms with Crippen LogP contribution in [0.2, 0.25) is 0 Å². The van der Waals surface area contributed by atoms with Crippen LogP contribution in [-0.2, 0) is 6.54 Å². The minimum absolute atomic E-state index is 0.793. The van der Waals surface area contributed by atoms with Crippen LogP contribution in [0.4, 0.5) is 5.69 Å². The fourth-order valence-electron chi connectivity index (χ4n) is 2.35. The highest BCUT2D eigenvalue weighted by atomic mass is 14.9. The first kappa shape index (κ1) is 12.6. The van der Waals surface area contributed by atoms with Gasteiger partial charge < -0.3 is 5.32 Å². The first-order valence-electron chi connectivity index (χ1n) is 6.74. The van der Waals surface area contributed by atoms with E-state index in [0.717, 1.165) is 28.8 Å². The lowest BCUT2D eigenvalue weighted by Gasteiger charge is -2.12. The molecule has 0 spiro atoms. The highest BCUT2D eigenvalue weighted by Gasteiger charge is 2.04. The van der Waals surface area contributed by atoms with Gasteiger partial charge in [-0.25, -0.2) is 0 Å². The lowest BCUT2D eigenvalue weighted by molar-refractivity contribution is 1.09. The Kier molecular flexibility index (Phi) is 3.33. The number of para-hydroxylation sites is 1. The van der Waals surface area contributed by atoms with Crippen molar-refractivity contribution in [2.45, 2.75) is 20.4 Å². The molecular weight excluding hydrogens is 246 g/mol. The molecule has 0 aliphatic rings. The molecule has 0 atom stereocenters. The maximum atomic E-state index is 4.56. The zero-order valence-electron chi connectivity index (χ0n) is 11.7. The van der Waals surface area contributed by atoms with E-state index in [1.807, 2.05) is 37.5 Å². The maximum absolute atomic E-state index is 4.56. The number of fused-ring (bicyclic) bond motifs is 1. The summed E-state index contributed by atoms with van der Waals surface area (Å²) in [5.74, 6) is 0. The summed E-state index contributed by atoms with van der Waals surface area (Å²) in [5.41, 5.74) is 5.65.